The summed E-state index contributed by atoms with van der Waals surface area (Å²) in [5.41, 5.74) is -3.37. The van der Waals surface area contributed by atoms with Crippen molar-refractivity contribution >= 4 is 54.1 Å². The van der Waals surface area contributed by atoms with E-state index in [-0.39, 0.29) is 68.8 Å². The summed E-state index contributed by atoms with van der Waals surface area (Å²) in [6.45, 7) is -0.0919. The molecule has 0 bridgehead atoms. The number of anilines is 1. The molecule has 2 aromatic carbocycles. The first-order valence-corrected chi connectivity index (χ1v) is 24.3. The van der Waals surface area contributed by atoms with Crippen LogP contribution < -0.4 is 10.0 Å². The van der Waals surface area contributed by atoms with E-state index >= 15 is 8.78 Å². The zero-order valence-electron chi connectivity index (χ0n) is 35.0. The van der Waals surface area contributed by atoms with Gasteiger partial charge in [-0.1, -0.05) is 23.6 Å². The first kappa shape index (κ1) is 46.8. The Morgan fingerprint density at radius 3 is 2.21 bits per heavy atom. The van der Waals surface area contributed by atoms with Crippen molar-refractivity contribution in [2.75, 3.05) is 4.72 Å². The van der Waals surface area contributed by atoms with E-state index in [0.717, 1.165) is 12.1 Å². The van der Waals surface area contributed by atoms with E-state index in [9.17, 15) is 52.4 Å². The molecule has 9 rings (SSSR count). The summed E-state index contributed by atoms with van der Waals surface area (Å²) in [6.07, 6.45) is -7.42. The maximum absolute atomic E-state index is 15.5. The summed E-state index contributed by atoms with van der Waals surface area (Å²) < 4.78 is 186. The average Bonchev–Trinajstić information content (AvgIpc) is 4.10. The zero-order valence-corrected chi connectivity index (χ0v) is 37.4. The van der Waals surface area contributed by atoms with Gasteiger partial charge in [0.25, 0.3) is 12.3 Å². The number of nitrogens with zero attached hydrogens (tertiary/aromatic N) is 5. The van der Waals surface area contributed by atoms with Crippen LogP contribution in [-0.2, 0) is 50.1 Å². The van der Waals surface area contributed by atoms with Gasteiger partial charge in [0.1, 0.15) is 46.6 Å². The summed E-state index contributed by atoms with van der Waals surface area (Å²) in [7, 11) is -7.94. The Hall–Kier alpha value is -5.34. The second-order valence-electron chi connectivity index (χ2n) is 17.7. The summed E-state index contributed by atoms with van der Waals surface area (Å²) in [6, 6.07) is 5.80. The van der Waals surface area contributed by atoms with Gasteiger partial charge in [0.05, 0.1) is 38.2 Å². The highest BCUT2D eigenvalue weighted by molar-refractivity contribution is 7.94. The topological polar surface area (TPSA) is 158 Å². The number of halogens is 10. The Morgan fingerprint density at radius 1 is 0.925 bits per heavy atom. The Labute approximate surface area is 381 Å². The number of alkyl halides is 7. The van der Waals surface area contributed by atoms with Crippen LogP contribution in [0.15, 0.2) is 42.5 Å². The molecule has 4 aliphatic carbocycles. The molecule has 1 amide bonds. The van der Waals surface area contributed by atoms with E-state index in [2.05, 4.69) is 37.1 Å². The highest BCUT2D eigenvalue weighted by Crippen LogP contribution is 2.68. The van der Waals surface area contributed by atoms with Crippen LogP contribution >= 0.6 is 11.6 Å². The van der Waals surface area contributed by atoms with Crippen LogP contribution in [0.2, 0.25) is 5.02 Å². The first-order valence-electron chi connectivity index (χ1n) is 20.8. The monoisotopic (exact) mass is 1000 g/mol. The van der Waals surface area contributed by atoms with Crippen molar-refractivity contribution in [2.45, 2.75) is 111 Å². The second kappa shape index (κ2) is 16.1. The van der Waals surface area contributed by atoms with Crippen molar-refractivity contribution in [2.24, 2.45) is 5.92 Å². The Kier molecular flexibility index (Phi) is 11.3. The van der Waals surface area contributed by atoms with Gasteiger partial charge in [-0.15, -0.1) is 0 Å². The van der Waals surface area contributed by atoms with Gasteiger partial charge in [0.2, 0.25) is 15.9 Å². The van der Waals surface area contributed by atoms with Gasteiger partial charge in [-0.2, -0.15) is 32.1 Å². The summed E-state index contributed by atoms with van der Waals surface area (Å²) in [5.74, 6) is -4.17. The molecule has 3 saturated carbocycles. The van der Waals surface area contributed by atoms with Gasteiger partial charge in [0, 0.05) is 28.7 Å². The van der Waals surface area contributed by atoms with Crippen molar-refractivity contribution in [3.8, 4) is 23.0 Å². The number of sulfonamides is 1. The van der Waals surface area contributed by atoms with Crippen LogP contribution in [0, 0.1) is 29.4 Å². The lowest BCUT2D eigenvalue weighted by Gasteiger charge is -2.23. The minimum absolute atomic E-state index is 0.0605. The molecular formula is C43H37ClF9N7O5S2. The molecule has 356 valence electrons. The van der Waals surface area contributed by atoms with Crippen molar-refractivity contribution in [1.29, 1.82) is 0 Å². The third-order valence-electron chi connectivity index (χ3n) is 12.2. The molecule has 5 aromatic rings. The molecule has 3 heterocycles. The molecule has 2 N–H and O–H groups in total. The fourth-order valence-electron chi connectivity index (χ4n) is 8.70. The Morgan fingerprint density at radius 2 is 1.58 bits per heavy atom. The minimum atomic E-state index is -4.95. The fourth-order valence-corrected chi connectivity index (χ4v) is 12.1. The standard InChI is InChI=1S/C43H37ClF9N7O5S2/c1-41(2,66(62,63)24-4-5-24)12-11-23-3-8-26(27-9-10-30(44)34-37(27)60(19-42(49,50)51)57-40(34)58-67(64,65)25-6-7-25)35(54-23)31(15-20-13-21(45)16-22(46)14-20)55-32(61)18-59-38-33(36(56-59)39(47)48)28-17-29(28)43(38,52)53/h3,8-10,13-14,16,24-25,28-29,31,39H,4-7,15,17-19H2,1-2H3,(H,55,61)(H,57,58)/t28-,29+,31-/m0/s1. The van der Waals surface area contributed by atoms with Gasteiger partial charge < -0.3 is 5.32 Å². The largest absolute Gasteiger partial charge is 0.408 e. The predicted octanol–water partition coefficient (Wildman–Crippen LogP) is 8.65. The number of aromatic nitrogens is 5. The number of hydrogen-bond donors (Lipinski definition) is 2. The van der Waals surface area contributed by atoms with Gasteiger partial charge in [-0.3, -0.25) is 18.9 Å². The highest BCUT2D eigenvalue weighted by Gasteiger charge is 2.67. The molecule has 0 unspecified atom stereocenters. The smallest absolute Gasteiger partial charge is 0.346 e. The summed E-state index contributed by atoms with van der Waals surface area (Å²) >= 11 is 6.59. The Balaban J connectivity index is 1.22. The molecule has 3 fully saturated rings. The van der Waals surface area contributed by atoms with Gasteiger partial charge >= 0.3 is 6.18 Å². The van der Waals surface area contributed by atoms with Crippen LogP contribution in [0.25, 0.3) is 22.0 Å². The lowest BCUT2D eigenvalue weighted by Crippen LogP contribution is -2.35. The molecule has 67 heavy (non-hydrogen) atoms. The first-order chi connectivity index (χ1) is 31.3. The van der Waals surface area contributed by atoms with Crippen LogP contribution in [0.3, 0.4) is 0 Å². The third kappa shape index (κ3) is 8.84. The molecular weight excluding hydrogens is 965 g/mol. The summed E-state index contributed by atoms with van der Waals surface area (Å²) in [4.78, 5) is 18.8. The van der Waals surface area contributed by atoms with Crippen molar-refractivity contribution in [1.82, 2.24) is 29.9 Å². The van der Waals surface area contributed by atoms with Gasteiger partial charge in [-0.25, -0.2) is 39.4 Å². The molecule has 4 aliphatic rings. The SMILES string of the molecule is CC(C)(C#Cc1ccc(-c2ccc(Cl)c3c(NS(=O)(=O)C4CC4)nn(CC(F)(F)F)c23)c([C@H](Cc2cc(F)cc(F)c2)NC(=O)Cn2nc(C(F)F)c3c2C(F)(F)[C@@H]2C[C@H]32)n1)S(=O)(=O)C1CC1. The van der Waals surface area contributed by atoms with Gasteiger partial charge in [0.15, 0.2) is 15.7 Å². The zero-order chi connectivity index (χ0) is 48.3. The number of amides is 1. The quantitative estimate of drug-likeness (QED) is 0.0827. The molecule has 3 atom stereocenters. The second-order valence-corrected chi connectivity index (χ2v) is 22.8. The number of rotatable bonds is 14. The average molecular weight is 1000 g/mol. The molecule has 0 saturated heterocycles. The molecule has 0 aliphatic heterocycles. The molecule has 12 nitrogen and oxygen atoms in total. The molecule has 3 aromatic heterocycles. The minimum Gasteiger partial charge on any atom is -0.346 e. The van der Waals surface area contributed by atoms with E-state index in [1.54, 1.807) is 0 Å². The maximum Gasteiger partial charge on any atom is 0.408 e. The number of carbonyl (C=O) groups is 1. The van der Waals surface area contributed by atoms with Gasteiger partial charge in [-0.05, 0) is 100 Å². The van der Waals surface area contributed by atoms with Crippen molar-refractivity contribution in [3.05, 3.63) is 93.0 Å². The van der Waals surface area contributed by atoms with E-state index in [1.165, 1.54) is 38.1 Å². The van der Waals surface area contributed by atoms with Crippen LogP contribution in [0.5, 0.6) is 0 Å². The third-order valence-corrected chi connectivity index (χ3v) is 17.3. The lowest BCUT2D eigenvalue weighted by molar-refractivity contribution is -0.141. The van der Waals surface area contributed by atoms with Crippen molar-refractivity contribution < 1.29 is 61.1 Å². The van der Waals surface area contributed by atoms with E-state index in [4.69, 9.17) is 11.6 Å². The van der Waals surface area contributed by atoms with Crippen LogP contribution in [-0.4, -0.2) is 68.7 Å². The van der Waals surface area contributed by atoms with E-state index in [1.807, 2.05) is 0 Å². The van der Waals surface area contributed by atoms with Crippen LogP contribution in [0.4, 0.5) is 45.3 Å². The number of hydrogen-bond acceptors (Lipinski definition) is 8. The fraction of sp³-hybridized carbons (Fsp3) is 0.442. The number of sulfone groups is 1. The maximum atomic E-state index is 15.5. The highest BCUT2D eigenvalue weighted by atomic mass is 35.5. The Bertz CT molecular complexity index is 3160. The molecule has 0 spiro atoms. The molecule has 0 radical (unpaired) electrons. The number of benzene rings is 2. The molecule has 24 heteroatoms. The van der Waals surface area contributed by atoms with E-state index in [0.29, 0.717) is 28.3 Å². The van der Waals surface area contributed by atoms with E-state index < -0.39 is 126 Å². The normalized spacial score (nSPS) is 19.5. The number of carbonyl (C=O) groups excluding carboxylic acids is 1. The predicted molar refractivity (Wildman–Crippen MR) is 225 cm³/mol. The number of pyridine rings is 1. The number of fused-ring (bicyclic) bond motifs is 4. The lowest BCUT2D eigenvalue weighted by atomic mass is 9.93. The summed E-state index contributed by atoms with van der Waals surface area (Å²) in [5, 5.41) is 8.29. The van der Waals surface area contributed by atoms with Crippen LogP contribution in [0.1, 0.15) is 98.2 Å². The number of nitrogens with one attached hydrogen (secondary N) is 2. The van der Waals surface area contributed by atoms with Crippen molar-refractivity contribution in [3.63, 3.8) is 0 Å².